The monoisotopic (exact) mass is 472 g/mol. The molecule has 1 amide bonds. The smallest absolute Gasteiger partial charge is 0.257 e. The van der Waals surface area contributed by atoms with Crippen molar-refractivity contribution in [2.45, 2.75) is 90.8 Å². The van der Waals surface area contributed by atoms with Gasteiger partial charge >= 0.3 is 0 Å². The molecule has 0 bridgehead atoms. The zero-order valence-corrected chi connectivity index (χ0v) is 22.3. The molecule has 0 fully saturated rings. The van der Waals surface area contributed by atoms with E-state index in [4.69, 9.17) is 5.10 Å². The number of carbonyl (C=O) groups excluding carboxylic acids is 1. The summed E-state index contributed by atoms with van der Waals surface area (Å²) in [5, 5.41) is 11.9. The highest BCUT2D eigenvalue weighted by atomic mass is 16.2. The number of aryl methyl sites for hydroxylation is 1. The maximum atomic E-state index is 13.9. The summed E-state index contributed by atoms with van der Waals surface area (Å²) in [6.45, 7) is 15.0. The summed E-state index contributed by atoms with van der Waals surface area (Å²) < 4.78 is 2.01. The van der Waals surface area contributed by atoms with E-state index in [1.807, 2.05) is 17.7 Å². The predicted octanol–water partition coefficient (Wildman–Crippen LogP) is 7.05. The molecule has 4 rings (SSSR count). The van der Waals surface area contributed by atoms with Crippen molar-refractivity contribution >= 4 is 11.7 Å². The van der Waals surface area contributed by atoms with Gasteiger partial charge < -0.3 is 10.6 Å². The fourth-order valence-corrected chi connectivity index (χ4v) is 5.43. The third-order valence-corrected chi connectivity index (χ3v) is 7.77. The summed E-state index contributed by atoms with van der Waals surface area (Å²) in [4.78, 5) is 13.9. The van der Waals surface area contributed by atoms with Gasteiger partial charge in [-0.1, -0.05) is 82.3 Å². The first kappa shape index (κ1) is 25.0. The quantitative estimate of drug-likeness (QED) is 0.387. The molecule has 1 aliphatic heterocycles. The highest BCUT2D eigenvalue weighted by Gasteiger charge is 2.39. The Hall–Kier alpha value is -3.08. The first-order chi connectivity index (χ1) is 16.6. The van der Waals surface area contributed by atoms with Gasteiger partial charge in [-0.2, -0.15) is 5.10 Å². The van der Waals surface area contributed by atoms with Crippen molar-refractivity contribution in [2.24, 2.45) is 0 Å². The lowest BCUT2D eigenvalue weighted by Crippen LogP contribution is -2.45. The molecule has 5 nitrogen and oxygen atoms in total. The molecule has 0 saturated heterocycles. The van der Waals surface area contributed by atoms with Gasteiger partial charge in [0.2, 0.25) is 0 Å². The largest absolute Gasteiger partial charge is 0.363 e. The fourth-order valence-electron chi connectivity index (χ4n) is 5.43. The molecule has 1 unspecified atom stereocenters. The molecule has 1 aliphatic rings. The molecule has 0 aliphatic carbocycles. The minimum Gasteiger partial charge on any atom is -0.363 e. The number of anilines is 1. The second-order valence-electron chi connectivity index (χ2n) is 10.9. The number of carbonyl (C=O) groups is 1. The number of hydrogen-bond donors (Lipinski definition) is 2. The fraction of sp³-hybridized carbons (Fsp3) is 0.467. The van der Waals surface area contributed by atoms with Crippen LogP contribution in [-0.4, -0.2) is 15.7 Å². The van der Waals surface area contributed by atoms with Gasteiger partial charge in [-0.3, -0.25) is 4.79 Å². The van der Waals surface area contributed by atoms with Crippen molar-refractivity contribution in [3.05, 3.63) is 82.5 Å². The SMILES string of the molecule is CCC(CC)(NC(=O)c1c(C)nn2c1NC(c1ccccc1)CC2(C)C)c1ccc(C(C)C)cc1. The second-order valence-corrected chi connectivity index (χ2v) is 10.9. The molecule has 3 aromatic rings. The van der Waals surface area contributed by atoms with E-state index in [2.05, 4.69) is 101 Å². The van der Waals surface area contributed by atoms with Gasteiger partial charge in [0.05, 0.1) is 22.8 Å². The number of nitrogens with one attached hydrogen (secondary N) is 2. The van der Waals surface area contributed by atoms with Crippen molar-refractivity contribution in [3.63, 3.8) is 0 Å². The third-order valence-electron chi connectivity index (χ3n) is 7.77. The first-order valence-corrected chi connectivity index (χ1v) is 13.0. The van der Waals surface area contributed by atoms with E-state index in [9.17, 15) is 4.79 Å². The van der Waals surface area contributed by atoms with Crippen LogP contribution in [0.15, 0.2) is 54.6 Å². The normalized spacial score (nSPS) is 17.1. The van der Waals surface area contributed by atoms with Crippen molar-refractivity contribution < 1.29 is 4.79 Å². The number of rotatable bonds is 7. The van der Waals surface area contributed by atoms with Crippen LogP contribution in [0.3, 0.4) is 0 Å². The van der Waals surface area contributed by atoms with Crippen LogP contribution in [0.25, 0.3) is 0 Å². The molecule has 0 saturated carbocycles. The highest BCUT2D eigenvalue weighted by molar-refractivity contribution is 6.00. The highest BCUT2D eigenvalue weighted by Crippen LogP contribution is 2.41. The molecule has 5 heteroatoms. The lowest BCUT2D eigenvalue weighted by molar-refractivity contribution is 0.0889. The molecule has 2 N–H and O–H groups in total. The molecule has 35 heavy (non-hydrogen) atoms. The number of amides is 1. The Labute approximate surface area is 210 Å². The zero-order chi connectivity index (χ0) is 25.4. The summed E-state index contributed by atoms with van der Waals surface area (Å²) in [5.41, 5.74) is 4.42. The standard InChI is InChI=1S/C30H40N4O/c1-8-30(9-2,24-17-15-22(16-18-24)20(3)4)32-28(35)26-21(5)33-34-27(26)31-25(19-29(34,6)7)23-13-11-10-12-14-23/h10-18,20,25,31H,8-9,19H2,1-7H3,(H,32,35). The van der Waals surface area contributed by atoms with Crippen LogP contribution in [0.5, 0.6) is 0 Å². The van der Waals surface area contributed by atoms with Crippen molar-refractivity contribution in [2.75, 3.05) is 5.32 Å². The van der Waals surface area contributed by atoms with E-state index in [0.717, 1.165) is 36.3 Å². The average Bonchev–Trinajstić information content (AvgIpc) is 3.20. The van der Waals surface area contributed by atoms with E-state index >= 15 is 0 Å². The molecule has 186 valence electrons. The van der Waals surface area contributed by atoms with Crippen LogP contribution in [-0.2, 0) is 11.1 Å². The molecule has 0 radical (unpaired) electrons. The topological polar surface area (TPSA) is 59.0 Å². The lowest BCUT2D eigenvalue weighted by Gasteiger charge is -2.38. The van der Waals surface area contributed by atoms with E-state index < -0.39 is 5.54 Å². The Morgan fingerprint density at radius 3 is 2.31 bits per heavy atom. The van der Waals surface area contributed by atoms with Crippen molar-refractivity contribution in [1.29, 1.82) is 0 Å². The molecular weight excluding hydrogens is 432 g/mol. The maximum Gasteiger partial charge on any atom is 0.257 e. The molecule has 0 spiro atoms. The average molecular weight is 473 g/mol. The van der Waals surface area contributed by atoms with Crippen LogP contribution in [0.1, 0.15) is 106 Å². The van der Waals surface area contributed by atoms with Crippen LogP contribution in [0, 0.1) is 6.92 Å². The van der Waals surface area contributed by atoms with Gasteiger partial charge in [0.1, 0.15) is 11.4 Å². The van der Waals surface area contributed by atoms with Gasteiger partial charge in [-0.05, 0) is 62.6 Å². The van der Waals surface area contributed by atoms with Gasteiger partial charge in [0.15, 0.2) is 0 Å². The van der Waals surface area contributed by atoms with E-state index in [-0.39, 0.29) is 17.5 Å². The second kappa shape index (κ2) is 9.52. The summed E-state index contributed by atoms with van der Waals surface area (Å²) >= 11 is 0. The lowest BCUT2D eigenvalue weighted by atomic mass is 9.83. The van der Waals surface area contributed by atoms with E-state index in [1.54, 1.807) is 0 Å². The Kier molecular flexibility index (Phi) is 6.81. The van der Waals surface area contributed by atoms with Crippen LogP contribution in [0.2, 0.25) is 0 Å². The zero-order valence-electron chi connectivity index (χ0n) is 22.3. The number of aromatic nitrogens is 2. The summed E-state index contributed by atoms with van der Waals surface area (Å²) in [6.07, 6.45) is 2.51. The molecule has 2 heterocycles. The van der Waals surface area contributed by atoms with Crippen LogP contribution < -0.4 is 10.6 Å². The van der Waals surface area contributed by atoms with Gasteiger partial charge in [0, 0.05) is 0 Å². The molecular formula is C30H40N4O. The number of benzene rings is 2. The number of hydrogen-bond acceptors (Lipinski definition) is 3. The van der Waals surface area contributed by atoms with E-state index in [0.29, 0.717) is 11.5 Å². The Morgan fingerprint density at radius 2 is 1.74 bits per heavy atom. The molecule has 1 aromatic heterocycles. The van der Waals surface area contributed by atoms with Crippen LogP contribution in [0.4, 0.5) is 5.82 Å². The molecule has 1 atom stereocenters. The summed E-state index contributed by atoms with van der Waals surface area (Å²) in [6, 6.07) is 19.3. The van der Waals surface area contributed by atoms with Crippen LogP contribution >= 0.6 is 0 Å². The number of fused-ring (bicyclic) bond motifs is 1. The number of nitrogens with zero attached hydrogens (tertiary/aromatic N) is 2. The van der Waals surface area contributed by atoms with Gasteiger partial charge in [-0.25, -0.2) is 4.68 Å². The minimum atomic E-state index is -0.434. The molecule has 2 aromatic carbocycles. The summed E-state index contributed by atoms with van der Waals surface area (Å²) in [7, 11) is 0. The Balaban J connectivity index is 1.70. The predicted molar refractivity (Wildman–Crippen MR) is 144 cm³/mol. The maximum absolute atomic E-state index is 13.9. The minimum absolute atomic E-state index is 0.0719. The Morgan fingerprint density at radius 1 is 1.11 bits per heavy atom. The third kappa shape index (κ3) is 4.61. The van der Waals surface area contributed by atoms with Gasteiger partial charge in [-0.15, -0.1) is 0 Å². The summed E-state index contributed by atoms with van der Waals surface area (Å²) in [5.74, 6) is 1.21. The van der Waals surface area contributed by atoms with Crippen molar-refractivity contribution in [3.8, 4) is 0 Å². The Bertz CT molecular complexity index is 1170. The van der Waals surface area contributed by atoms with Gasteiger partial charge in [0.25, 0.3) is 5.91 Å². The first-order valence-electron chi connectivity index (χ1n) is 13.0. The van der Waals surface area contributed by atoms with Crippen molar-refractivity contribution in [1.82, 2.24) is 15.1 Å². The van der Waals surface area contributed by atoms with E-state index in [1.165, 1.54) is 11.1 Å².